The molecule has 0 aliphatic rings. The van der Waals surface area contributed by atoms with Gasteiger partial charge < -0.3 is 14.9 Å². The number of rotatable bonds is 5. The average molecular weight is 448 g/mol. The van der Waals surface area contributed by atoms with Gasteiger partial charge in [0, 0.05) is 52.3 Å². The fraction of sp³-hybridized carbons (Fsp3) is 0.0800. The van der Waals surface area contributed by atoms with Gasteiger partial charge in [0.05, 0.1) is 10.6 Å². The molecular formula is C25H19Cl2N3O. The highest BCUT2D eigenvalue weighted by atomic mass is 35.5. The summed E-state index contributed by atoms with van der Waals surface area (Å²) in [7, 11) is 0. The van der Waals surface area contributed by atoms with Gasteiger partial charge in [-0.05, 0) is 53.6 Å². The second kappa shape index (κ2) is 8.14. The summed E-state index contributed by atoms with van der Waals surface area (Å²) in [6, 6.07) is 21.2. The van der Waals surface area contributed by atoms with E-state index in [2.05, 4.69) is 22.1 Å². The zero-order valence-electron chi connectivity index (χ0n) is 16.5. The van der Waals surface area contributed by atoms with Crippen molar-refractivity contribution < 1.29 is 4.79 Å². The van der Waals surface area contributed by atoms with E-state index in [1.54, 1.807) is 18.2 Å². The topological polar surface area (TPSA) is 51.9 Å². The number of carbonyl (C=O) groups is 1. The molecule has 2 N–H and O–H groups in total. The molecule has 154 valence electrons. The number of nitrogens with zero attached hydrogens (tertiary/aromatic N) is 1. The summed E-state index contributed by atoms with van der Waals surface area (Å²) in [6.45, 7) is 0.904. The van der Waals surface area contributed by atoms with Crippen molar-refractivity contribution in [2.45, 2.75) is 13.1 Å². The lowest BCUT2D eigenvalue weighted by atomic mass is 10.1. The SMILES string of the molecule is O=C(c1ccc(Cl)cc1Cl)N(Cc1cccc2[nH]ccc12)Cc1cccc2[nH]ccc12. The molecule has 0 saturated heterocycles. The lowest BCUT2D eigenvalue weighted by molar-refractivity contribution is 0.0731. The maximum absolute atomic E-state index is 13.6. The van der Waals surface area contributed by atoms with Crippen LogP contribution in [0.1, 0.15) is 21.5 Å². The van der Waals surface area contributed by atoms with Gasteiger partial charge in [0.15, 0.2) is 0 Å². The Hall–Kier alpha value is -3.21. The van der Waals surface area contributed by atoms with Crippen LogP contribution in [0.25, 0.3) is 21.8 Å². The number of hydrogen-bond donors (Lipinski definition) is 2. The van der Waals surface area contributed by atoms with Crippen LogP contribution in [0.4, 0.5) is 0 Å². The quantitative estimate of drug-likeness (QED) is 0.305. The van der Waals surface area contributed by atoms with E-state index in [0.717, 1.165) is 32.9 Å². The number of benzene rings is 3. The van der Waals surface area contributed by atoms with Crippen LogP contribution in [0.15, 0.2) is 79.1 Å². The zero-order valence-corrected chi connectivity index (χ0v) is 18.0. The molecule has 0 atom stereocenters. The van der Waals surface area contributed by atoms with Gasteiger partial charge >= 0.3 is 0 Å². The Kier molecular flexibility index (Phi) is 5.18. The van der Waals surface area contributed by atoms with Crippen LogP contribution in [-0.2, 0) is 13.1 Å². The molecule has 5 rings (SSSR count). The van der Waals surface area contributed by atoms with Crippen LogP contribution in [-0.4, -0.2) is 20.8 Å². The maximum atomic E-state index is 13.6. The monoisotopic (exact) mass is 447 g/mol. The second-order valence-corrected chi connectivity index (χ2v) is 8.34. The molecule has 0 aliphatic carbocycles. The lowest BCUT2D eigenvalue weighted by Crippen LogP contribution is -2.30. The molecule has 0 saturated carbocycles. The predicted octanol–water partition coefficient (Wildman–Crippen LogP) is 6.80. The molecule has 6 heteroatoms. The first-order valence-corrected chi connectivity index (χ1v) is 10.7. The van der Waals surface area contributed by atoms with E-state index in [1.165, 1.54) is 0 Å². The summed E-state index contributed by atoms with van der Waals surface area (Å²) < 4.78 is 0. The molecule has 0 fully saturated rings. The van der Waals surface area contributed by atoms with Gasteiger partial charge in [-0.25, -0.2) is 0 Å². The fourth-order valence-electron chi connectivity index (χ4n) is 4.02. The highest BCUT2D eigenvalue weighted by Gasteiger charge is 2.21. The molecule has 2 aromatic heterocycles. The molecule has 0 unspecified atom stereocenters. The average Bonchev–Trinajstić information content (AvgIpc) is 3.43. The highest BCUT2D eigenvalue weighted by Crippen LogP contribution is 2.27. The Balaban J connectivity index is 1.57. The molecule has 0 spiro atoms. The predicted molar refractivity (Wildman–Crippen MR) is 127 cm³/mol. The number of aromatic nitrogens is 2. The molecule has 4 nitrogen and oxygen atoms in total. The summed E-state index contributed by atoms with van der Waals surface area (Å²) in [6.07, 6.45) is 3.83. The van der Waals surface area contributed by atoms with E-state index < -0.39 is 0 Å². The summed E-state index contributed by atoms with van der Waals surface area (Å²) in [5, 5.41) is 3.05. The van der Waals surface area contributed by atoms with Crippen LogP contribution in [0, 0.1) is 0 Å². The van der Waals surface area contributed by atoms with Crippen molar-refractivity contribution >= 4 is 50.9 Å². The number of aromatic amines is 2. The summed E-state index contributed by atoms with van der Waals surface area (Å²) >= 11 is 12.4. The summed E-state index contributed by atoms with van der Waals surface area (Å²) in [5.41, 5.74) is 4.66. The van der Waals surface area contributed by atoms with E-state index in [0.29, 0.717) is 28.7 Å². The van der Waals surface area contributed by atoms with Gasteiger partial charge in [0.1, 0.15) is 0 Å². The molecule has 2 heterocycles. The van der Waals surface area contributed by atoms with Crippen LogP contribution in [0.5, 0.6) is 0 Å². The first-order valence-electron chi connectivity index (χ1n) is 9.94. The van der Waals surface area contributed by atoms with Crippen molar-refractivity contribution in [1.29, 1.82) is 0 Å². The van der Waals surface area contributed by atoms with Gasteiger partial charge in [-0.2, -0.15) is 0 Å². The lowest BCUT2D eigenvalue weighted by Gasteiger charge is -2.24. The van der Waals surface area contributed by atoms with Crippen molar-refractivity contribution in [2.75, 3.05) is 0 Å². The Bertz CT molecular complexity index is 1330. The number of hydrogen-bond acceptors (Lipinski definition) is 1. The van der Waals surface area contributed by atoms with Crippen molar-refractivity contribution in [3.8, 4) is 0 Å². The number of H-pyrrole nitrogens is 2. The molecule has 0 bridgehead atoms. The molecule has 0 aliphatic heterocycles. The van der Waals surface area contributed by atoms with Crippen LogP contribution < -0.4 is 0 Å². The number of carbonyl (C=O) groups excluding carboxylic acids is 1. The third-order valence-corrected chi connectivity index (χ3v) is 6.09. The maximum Gasteiger partial charge on any atom is 0.255 e. The Morgan fingerprint density at radius 1 is 0.774 bits per heavy atom. The fourth-order valence-corrected chi connectivity index (χ4v) is 4.51. The molecule has 1 amide bonds. The minimum Gasteiger partial charge on any atom is -0.361 e. The van der Waals surface area contributed by atoms with Crippen molar-refractivity contribution in [3.63, 3.8) is 0 Å². The van der Waals surface area contributed by atoms with Gasteiger partial charge in [-0.15, -0.1) is 0 Å². The standard InChI is InChI=1S/C25H19Cl2N3O/c26-18-7-8-21(22(27)13-18)25(31)30(14-16-3-1-5-23-19(16)9-11-28-23)15-17-4-2-6-24-20(17)10-12-29-24/h1-13,28-29H,14-15H2. The number of halogens is 2. The van der Waals surface area contributed by atoms with Crippen LogP contribution >= 0.6 is 23.2 Å². The highest BCUT2D eigenvalue weighted by molar-refractivity contribution is 6.36. The smallest absolute Gasteiger partial charge is 0.255 e. The largest absolute Gasteiger partial charge is 0.361 e. The van der Waals surface area contributed by atoms with Gasteiger partial charge in [-0.3, -0.25) is 4.79 Å². The van der Waals surface area contributed by atoms with Gasteiger partial charge in [-0.1, -0.05) is 47.5 Å². The van der Waals surface area contributed by atoms with Gasteiger partial charge in [0.25, 0.3) is 5.91 Å². The normalized spacial score (nSPS) is 11.3. The third-order valence-electron chi connectivity index (χ3n) is 5.54. The first-order chi connectivity index (χ1) is 15.1. The number of fused-ring (bicyclic) bond motifs is 2. The van der Waals surface area contributed by atoms with Crippen LogP contribution in [0.3, 0.4) is 0 Å². The summed E-state index contributed by atoms with van der Waals surface area (Å²) in [4.78, 5) is 21.9. The molecule has 3 aromatic carbocycles. The van der Waals surface area contributed by atoms with Crippen molar-refractivity contribution in [1.82, 2.24) is 14.9 Å². The third kappa shape index (κ3) is 3.80. The van der Waals surface area contributed by atoms with E-state index in [1.807, 2.05) is 53.7 Å². The molecular weight excluding hydrogens is 429 g/mol. The number of amides is 1. The summed E-state index contributed by atoms with van der Waals surface area (Å²) in [5.74, 6) is -0.137. The van der Waals surface area contributed by atoms with E-state index in [4.69, 9.17) is 23.2 Å². The van der Waals surface area contributed by atoms with E-state index >= 15 is 0 Å². The van der Waals surface area contributed by atoms with Crippen LogP contribution in [0.2, 0.25) is 10.0 Å². The van der Waals surface area contributed by atoms with Crippen molar-refractivity contribution in [3.05, 3.63) is 106 Å². The van der Waals surface area contributed by atoms with E-state index in [9.17, 15) is 4.79 Å². The first kappa shape index (κ1) is 19.7. The molecule has 31 heavy (non-hydrogen) atoms. The molecule has 5 aromatic rings. The second-order valence-electron chi connectivity index (χ2n) is 7.50. The Labute approximate surface area is 189 Å². The van der Waals surface area contributed by atoms with E-state index in [-0.39, 0.29) is 5.91 Å². The van der Waals surface area contributed by atoms with Crippen molar-refractivity contribution in [2.24, 2.45) is 0 Å². The minimum absolute atomic E-state index is 0.137. The Morgan fingerprint density at radius 2 is 1.35 bits per heavy atom. The number of nitrogens with one attached hydrogen (secondary N) is 2. The Morgan fingerprint density at radius 3 is 1.90 bits per heavy atom. The zero-order chi connectivity index (χ0) is 21.4. The molecule has 0 radical (unpaired) electrons. The van der Waals surface area contributed by atoms with Gasteiger partial charge in [0.2, 0.25) is 0 Å². The minimum atomic E-state index is -0.137.